The van der Waals surface area contributed by atoms with Crippen LogP contribution in [0.4, 0.5) is 5.69 Å². The predicted octanol–water partition coefficient (Wildman–Crippen LogP) is 5.14. The maximum atomic E-state index is 12.2. The molecule has 134 valence electrons. The van der Waals surface area contributed by atoms with Crippen LogP contribution in [0.2, 0.25) is 0 Å². The van der Waals surface area contributed by atoms with Gasteiger partial charge < -0.3 is 14.6 Å². The molecular weight excluding hydrogens is 428 g/mol. The minimum absolute atomic E-state index is 0.147. The predicted molar refractivity (Wildman–Crippen MR) is 108 cm³/mol. The molecule has 3 aromatic heterocycles. The summed E-state index contributed by atoms with van der Waals surface area (Å²) in [5, 5.41) is 12.9. The number of aromatic nitrogens is 3. The van der Waals surface area contributed by atoms with Gasteiger partial charge >= 0.3 is 0 Å². The van der Waals surface area contributed by atoms with E-state index in [0.717, 1.165) is 4.47 Å². The lowest BCUT2D eigenvalue weighted by Gasteiger charge is -2.07. The number of hydrogen-bond donors (Lipinski definition) is 1. The molecule has 0 aliphatic rings. The highest BCUT2D eigenvalue weighted by Gasteiger charge is 2.09. The summed E-state index contributed by atoms with van der Waals surface area (Å²) >= 11 is 4.73. The van der Waals surface area contributed by atoms with Gasteiger partial charge in [-0.2, -0.15) is 0 Å². The third kappa shape index (κ3) is 4.24. The Kier molecular flexibility index (Phi) is 4.99. The lowest BCUT2D eigenvalue weighted by molar-refractivity contribution is 0.103. The lowest BCUT2D eigenvalue weighted by Crippen LogP contribution is -2.09. The number of hydrogen-bond acceptors (Lipinski definition) is 5. The van der Waals surface area contributed by atoms with Gasteiger partial charge in [0.15, 0.2) is 5.82 Å². The van der Waals surface area contributed by atoms with E-state index in [1.807, 2.05) is 40.5 Å². The Morgan fingerprint density at radius 3 is 2.48 bits per heavy atom. The molecule has 0 bridgehead atoms. The van der Waals surface area contributed by atoms with E-state index in [-0.39, 0.29) is 5.91 Å². The SMILES string of the molecule is O=C(Nc1ccc(Oc2ccc(-n3cccc3)nn2)cc1)c1cc(Br)cs1. The number of amides is 1. The smallest absolute Gasteiger partial charge is 0.265 e. The van der Waals surface area contributed by atoms with E-state index in [9.17, 15) is 4.79 Å². The van der Waals surface area contributed by atoms with E-state index in [4.69, 9.17) is 4.74 Å². The van der Waals surface area contributed by atoms with Crippen molar-refractivity contribution in [3.8, 4) is 17.4 Å². The lowest BCUT2D eigenvalue weighted by atomic mass is 10.3. The van der Waals surface area contributed by atoms with Crippen molar-refractivity contribution < 1.29 is 9.53 Å². The molecule has 0 aliphatic carbocycles. The van der Waals surface area contributed by atoms with Crippen LogP contribution in [0, 0.1) is 0 Å². The van der Waals surface area contributed by atoms with Crippen molar-refractivity contribution in [1.82, 2.24) is 14.8 Å². The Morgan fingerprint density at radius 2 is 1.85 bits per heavy atom. The second kappa shape index (κ2) is 7.73. The summed E-state index contributed by atoms with van der Waals surface area (Å²) < 4.78 is 8.45. The van der Waals surface area contributed by atoms with Crippen LogP contribution in [-0.2, 0) is 0 Å². The maximum Gasteiger partial charge on any atom is 0.265 e. The highest BCUT2D eigenvalue weighted by molar-refractivity contribution is 9.10. The van der Waals surface area contributed by atoms with Crippen molar-refractivity contribution in [3.05, 3.63) is 81.7 Å². The maximum absolute atomic E-state index is 12.2. The van der Waals surface area contributed by atoms with Gasteiger partial charge in [0.25, 0.3) is 5.91 Å². The first-order valence-corrected chi connectivity index (χ1v) is 9.65. The molecule has 0 unspecified atom stereocenters. The van der Waals surface area contributed by atoms with Crippen LogP contribution < -0.4 is 10.1 Å². The normalized spacial score (nSPS) is 10.6. The Bertz CT molecular complexity index is 1040. The van der Waals surface area contributed by atoms with Crippen LogP contribution in [0.5, 0.6) is 11.6 Å². The van der Waals surface area contributed by atoms with Crippen molar-refractivity contribution in [2.75, 3.05) is 5.32 Å². The van der Waals surface area contributed by atoms with E-state index in [1.54, 1.807) is 36.4 Å². The zero-order chi connectivity index (χ0) is 18.6. The molecule has 0 spiro atoms. The Hall–Kier alpha value is -2.97. The molecule has 0 fully saturated rings. The van der Waals surface area contributed by atoms with E-state index in [0.29, 0.717) is 28.0 Å². The van der Waals surface area contributed by atoms with Gasteiger partial charge in [-0.25, -0.2) is 0 Å². The van der Waals surface area contributed by atoms with E-state index >= 15 is 0 Å². The summed E-state index contributed by atoms with van der Waals surface area (Å²) in [4.78, 5) is 12.8. The Balaban J connectivity index is 1.39. The number of carbonyl (C=O) groups is 1. The quantitative estimate of drug-likeness (QED) is 0.466. The van der Waals surface area contributed by atoms with Crippen LogP contribution in [0.15, 0.2) is 76.8 Å². The molecule has 1 aromatic carbocycles. The minimum Gasteiger partial charge on any atom is -0.438 e. The molecule has 4 rings (SSSR count). The monoisotopic (exact) mass is 440 g/mol. The number of rotatable bonds is 5. The van der Waals surface area contributed by atoms with Gasteiger partial charge in [-0.1, -0.05) is 0 Å². The fourth-order valence-electron chi connectivity index (χ4n) is 2.34. The number of benzene rings is 1. The average Bonchev–Trinajstić information content (AvgIpc) is 3.36. The van der Waals surface area contributed by atoms with Crippen molar-refractivity contribution in [3.63, 3.8) is 0 Å². The third-order valence-electron chi connectivity index (χ3n) is 3.62. The number of nitrogens with zero attached hydrogens (tertiary/aromatic N) is 3. The van der Waals surface area contributed by atoms with Crippen molar-refractivity contribution in [2.45, 2.75) is 0 Å². The number of anilines is 1. The number of nitrogens with one attached hydrogen (secondary N) is 1. The molecule has 0 saturated carbocycles. The highest BCUT2D eigenvalue weighted by Crippen LogP contribution is 2.24. The largest absolute Gasteiger partial charge is 0.438 e. The fourth-order valence-corrected chi connectivity index (χ4v) is 3.67. The van der Waals surface area contributed by atoms with Gasteiger partial charge in [0.1, 0.15) is 5.75 Å². The van der Waals surface area contributed by atoms with Gasteiger partial charge in [-0.15, -0.1) is 21.5 Å². The number of thiophene rings is 1. The van der Waals surface area contributed by atoms with Gasteiger partial charge in [-0.05, 0) is 64.5 Å². The summed E-state index contributed by atoms with van der Waals surface area (Å²) in [7, 11) is 0. The van der Waals surface area contributed by atoms with Gasteiger partial charge in [0.2, 0.25) is 5.88 Å². The summed E-state index contributed by atoms with van der Waals surface area (Å²) in [6.07, 6.45) is 3.79. The third-order valence-corrected chi connectivity index (χ3v) is 5.31. The topological polar surface area (TPSA) is 69.0 Å². The average molecular weight is 441 g/mol. The molecule has 6 nitrogen and oxygen atoms in total. The molecule has 0 saturated heterocycles. The molecule has 8 heteroatoms. The van der Waals surface area contributed by atoms with Gasteiger partial charge in [0, 0.05) is 34.0 Å². The van der Waals surface area contributed by atoms with Gasteiger partial charge in [0.05, 0.1) is 4.88 Å². The molecule has 0 atom stereocenters. The highest BCUT2D eigenvalue weighted by atomic mass is 79.9. The summed E-state index contributed by atoms with van der Waals surface area (Å²) in [5.74, 6) is 1.57. The number of halogens is 1. The first kappa shape index (κ1) is 17.4. The fraction of sp³-hybridized carbons (Fsp3) is 0. The standard InChI is InChI=1S/C19H13BrN4O2S/c20-13-11-16(27-12-13)19(25)21-14-3-5-15(6-4-14)26-18-8-7-17(22-23-18)24-9-1-2-10-24/h1-12H,(H,21,25). The van der Waals surface area contributed by atoms with E-state index < -0.39 is 0 Å². The van der Waals surface area contributed by atoms with Crippen LogP contribution in [0.25, 0.3) is 5.82 Å². The molecule has 0 radical (unpaired) electrons. The molecule has 1 N–H and O–H groups in total. The number of ether oxygens (including phenoxy) is 1. The second-order valence-corrected chi connectivity index (χ2v) is 7.36. The molecule has 0 aliphatic heterocycles. The first-order chi connectivity index (χ1) is 13.2. The van der Waals surface area contributed by atoms with Crippen LogP contribution in [-0.4, -0.2) is 20.7 Å². The molecule has 1 amide bonds. The summed E-state index contributed by atoms with van der Waals surface area (Å²) in [5.41, 5.74) is 0.686. The Labute approximate surface area is 167 Å². The first-order valence-electron chi connectivity index (χ1n) is 7.98. The van der Waals surface area contributed by atoms with Crippen LogP contribution in [0.1, 0.15) is 9.67 Å². The molecule has 3 heterocycles. The van der Waals surface area contributed by atoms with Gasteiger partial charge in [-0.3, -0.25) is 4.79 Å². The zero-order valence-corrected chi connectivity index (χ0v) is 16.3. The summed E-state index contributed by atoms with van der Waals surface area (Å²) in [6.45, 7) is 0. The second-order valence-electron chi connectivity index (χ2n) is 5.53. The van der Waals surface area contributed by atoms with Crippen molar-refractivity contribution >= 4 is 38.9 Å². The summed E-state index contributed by atoms with van der Waals surface area (Å²) in [6, 6.07) is 16.3. The van der Waals surface area contributed by atoms with E-state index in [1.165, 1.54) is 11.3 Å². The zero-order valence-electron chi connectivity index (χ0n) is 13.9. The Morgan fingerprint density at radius 1 is 1.07 bits per heavy atom. The van der Waals surface area contributed by atoms with E-state index in [2.05, 4.69) is 31.4 Å². The molecule has 4 aromatic rings. The van der Waals surface area contributed by atoms with Crippen molar-refractivity contribution in [2.24, 2.45) is 0 Å². The molecule has 27 heavy (non-hydrogen) atoms. The van der Waals surface area contributed by atoms with Crippen molar-refractivity contribution in [1.29, 1.82) is 0 Å². The minimum atomic E-state index is -0.147. The van der Waals surface area contributed by atoms with Crippen LogP contribution >= 0.6 is 27.3 Å². The van der Waals surface area contributed by atoms with Crippen LogP contribution in [0.3, 0.4) is 0 Å². The number of carbonyl (C=O) groups excluding carboxylic acids is 1. The molecular formula is C19H13BrN4O2S.